The van der Waals surface area contributed by atoms with Crippen molar-refractivity contribution in [2.75, 3.05) is 26.7 Å². The second kappa shape index (κ2) is 6.45. The molecule has 4 heteroatoms. The summed E-state index contributed by atoms with van der Waals surface area (Å²) in [4.78, 5) is 14.4. The zero-order valence-electron chi connectivity index (χ0n) is 10.7. The van der Waals surface area contributed by atoms with Crippen LogP contribution in [0.15, 0.2) is 28.7 Å². The van der Waals surface area contributed by atoms with Gasteiger partial charge in [-0.2, -0.15) is 0 Å². The quantitative estimate of drug-likeness (QED) is 0.866. The van der Waals surface area contributed by atoms with E-state index in [0.717, 1.165) is 36.0 Å². The Kier molecular flexibility index (Phi) is 4.92. The van der Waals surface area contributed by atoms with Crippen LogP contribution in [0.25, 0.3) is 0 Å². The lowest BCUT2D eigenvalue weighted by molar-refractivity contribution is 0.0903. The third kappa shape index (κ3) is 3.64. The Morgan fingerprint density at radius 1 is 1.44 bits per heavy atom. The number of likely N-dealkylation sites (N-methyl/N-ethyl adjacent to an activating group) is 1. The molecule has 0 unspecified atom stereocenters. The van der Waals surface area contributed by atoms with Crippen molar-refractivity contribution in [3.63, 3.8) is 0 Å². The fraction of sp³-hybridized carbons (Fsp3) is 0.500. The first kappa shape index (κ1) is 13.7. The Balaban J connectivity index is 1.94. The van der Waals surface area contributed by atoms with Crippen LogP contribution in [0.5, 0.6) is 0 Å². The average molecular weight is 311 g/mol. The molecule has 98 valence electrons. The molecule has 0 atom stereocenters. The molecule has 0 saturated carbocycles. The minimum absolute atomic E-state index is 0.192. The summed E-state index contributed by atoms with van der Waals surface area (Å²) in [6.07, 6.45) is 2.25. The normalized spacial score (nSPS) is 17.1. The highest BCUT2D eigenvalue weighted by Gasteiger charge is 2.20. The first-order chi connectivity index (χ1) is 8.66. The van der Waals surface area contributed by atoms with Crippen molar-refractivity contribution >= 4 is 21.7 Å². The van der Waals surface area contributed by atoms with E-state index in [-0.39, 0.29) is 5.78 Å². The molecule has 0 radical (unpaired) electrons. The minimum atomic E-state index is 0.192. The standard InChI is InChI=1S/C14H19BrN2O/c1-17(13-5-7-16-8-6-13)10-14(18)11-3-2-4-12(15)9-11/h2-4,9,13,16H,5-8,10H2,1H3. The van der Waals surface area contributed by atoms with E-state index in [1.165, 1.54) is 0 Å². The molecular formula is C14H19BrN2O. The van der Waals surface area contributed by atoms with Crippen LogP contribution in [0.2, 0.25) is 0 Å². The number of piperidine rings is 1. The first-order valence-corrected chi connectivity index (χ1v) is 7.16. The van der Waals surface area contributed by atoms with E-state index in [4.69, 9.17) is 0 Å². The maximum Gasteiger partial charge on any atom is 0.176 e. The molecule has 2 rings (SSSR count). The third-order valence-corrected chi connectivity index (χ3v) is 3.96. The summed E-state index contributed by atoms with van der Waals surface area (Å²) in [6, 6.07) is 8.14. The largest absolute Gasteiger partial charge is 0.317 e. The van der Waals surface area contributed by atoms with Crippen LogP contribution in [0.1, 0.15) is 23.2 Å². The van der Waals surface area contributed by atoms with Gasteiger partial charge in [0, 0.05) is 16.1 Å². The van der Waals surface area contributed by atoms with E-state index in [1.807, 2.05) is 31.3 Å². The molecule has 1 aromatic rings. The zero-order valence-corrected chi connectivity index (χ0v) is 12.2. The van der Waals surface area contributed by atoms with Gasteiger partial charge in [0.1, 0.15) is 0 Å². The molecule has 1 aromatic carbocycles. The molecule has 1 saturated heterocycles. The lowest BCUT2D eigenvalue weighted by Gasteiger charge is -2.31. The minimum Gasteiger partial charge on any atom is -0.317 e. The Hall–Kier alpha value is -0.710. The van der Waals surface area contributed by atoms with E-state index in [0.29, 0.717) is 12.6 Å². The number of Topliss-reactive ketones (excluding diaryl/α,β-unsaturated/α-hetero) is 1. The molecule has 0 bridgehead atoms. The molecule has 1 aliphatic rings. The van der Waals surface area contributed by atoms with Crippen LogP contribution >= 0.6 is 15.9 Å². The highest BCUT2D eigenvalue weighted by Crippen LogP contribution is 2.14. The van der Waals surface area contributed by atoms with E-state index in [9.17, 15) is 4.79 Å². The molecule has 0 aromatic heterocycles. The Morgan fingerprint density at radius 3 is 2.83 bits per heavy atom. The molecule has 0 amide bonds. The molecule has 1 heterocycles. The highest BCUT2D eigenvalue weighted by atomic mass is 79.9. The molecule has 1 aliphatic heterocycles. The van der Waals surface area contributed by atoms with E-state index in [1.54, 1.807) is 0 Å². The van der Waals surface area contributed by atoms with Gasteiger partial charge in [-0.1, -0.05) is 28.1 Å². The average Bonchev–Trinajstić information content (AvgIpc) is 2.39. The van der Waals surface area contributed by atoms with Gasteiger partial charge in [0.15, 0.2) is 5.78 Å². The number of benzene rings is 1. The number of hydrogen-bond donors (Lipinski definition) is 1. The topological polar surface area (TPSA) is 32.3 Å². The van der Waals surface area contributed by atoms with Gasteiger partial charge in [-0.15, -0.1) is 0 Å². The number of hydrogen-bond acceptors (Lipinski definition) is 3. The summed E-state index contributed by atoms with van der Waals surface area (Å²) in [6.45, 7) is 2.61. The van der Waals surface area contributed by atoms with Gasteiger partial charge in [0.25, 0.3) is 0 Å². The van der Waals surface area contributed by atoms with Gasteiger partial charge >= 0.3 is 0 Å². The maximum absolute atomic E-state index is 12.2. The molecular weight excluding hydrogens is 292 g/mol. The Bertz CT molecular complexity index is 416. The van der Waals surface area contributed by atoms with Crippen molar-refractivity contribution in [3.05, 3.63) is 34.3 Å². The van der Waals surface area contributed by atoms with Gasteiger partial charge < -0.3 is 5.32 Å². The number of rotatable bonds is 4. The van der Waals surface area contributed by atoms with Crippen molar-refractivity contribution in [1.29, 1.82) is 0 Å². The number of carbonyl (C=O) groups is 1. The summed E-state index contributed by atoms with van der Waals surface area (Å²) in [5.41, 5.74) is 0.783. The lowest BCUT2D eigenvalue weighted by atomic mass is 10.0. The second-order valence-corrected chi connectivity index (χ2v) is 5.75. The summed E-state index contributed by atoms with van der Waals surface area (Å²) < 4.78 is 0.956. The monoisotopic (exact) mass is 310 g/mol. The number of nitrogens with zero attached hydrogens (tertiary/aromatic N) is 1. The third-order valence-electron chi connectivity index (χ3n) is 3.47. The smallest absolute Gasteiger partial charge is 0.176 e. The van der Waals surface area contributed by atoms with Gasteiger partial charge in [-0.25, -0.2) is 0 Å². The van der Waals surface area contributed by atoms with Crippen molar-refractivity contribution < 1.29 is 4.79 Å². The van der Waals surface area contributed by atoms with Crippen molar-refractivity contribution in [2.45, 2.75) is 18.9 Å². The number of carbonyl (C=O) groups excluding carboxylic acids is 1. The van der Waals surface area contributed by atoms with Crippen molar-refractivity contribution in [1.82, 2.24) is 10.2 Å². The van der Waals surface area contributed by atoms with E-state index in [2.05, 4.69) is 26.1 Å². The van der Waals surface area contributed by atoms with E-state index >= 15 is 0 Å². The van der Waals surface area contributed by atoms with Crippen LogP contribution < -0.4 is 5.32 Å². The van der Waals surface area contributed by atoms with Crippen molar-refractivity contribution in [3.8, 4) is 0 Å². The molecule has 1 N–H and O–H groups in total. The van der Waals surface area contributed by atoms with Gasteiger partial charge in [0.2, 0.25) is 0 Å². The van der Waals surface area contributed by atoms with Gasteiger partial charge in [-0.05, 0) is 45.1 Å². The second-order valence-electron chi connectivity index (χ2n) is 4.83. The molecule has 0 aliphatic carbocycles. The fourth-order valence-corrected chi connectivity index (χ4v) is 2.76. The Morgan fingerprint density at radius 2 is 2.17 bits per heavy atom. The van der Waals surface area contributed by atoms with Gasteiger partial charge in [0.05, 0.1) is 6.54 Å². The molecule has 0 spiro atoms. The van der Waals surface area contributed by atoms with E-state index < -0.39 is 0 Å². The maximum atomic E-state index is 12.2. The zero-order chi connectivity index (χ0) is 13.0. The first-order valence-electron chi connectivity index (χ1n) is 6.36. The fourth-order valence-electron chi connectivity index (χ4n) is 2.36. The van der Waals surface area contributed by atoms with Crippen LogP contribution in [-0.2, 0) is 0 Å². The highest BCUT2D eigenvalue weighted by molar-refractivity contribution is 9.10. The number of halogens is 1. The van der Waals surface area contributed by atoms with Crippen LogP contribution in [0.4, 0.5) is 0 Å². The van der Waals surface area contributed by atoms with Crippen molar-refractivity contribution in [2.24, 2.45) is 0 Å². The Labute approximate surface area is 117 Å². The predicted octanol–water partition coefficient (Wildman–Crippen LogP) is 2.32. The molecule has 18 heavy (non-hydrogen) atoms. The summed E-state index contributed by atoms with van der Waals surface area (Å²) in [5.74, 6) is 0.192. The summed E-state index contributed by atoms with van der Waals surface area (Å²) in [7, 11) is 2.05. The predicted molar refractivity (Wildman–Crippen MR) is 77.0 cm³/mol. The van der Waals surface area contributed by atoms with Crippen LogP contribution in [-0.4, -0.2) is 43.4 Å². The molecule has 1 fully saturated rings. The van der Waals surface area contributed by atoms with Gasteiger partial charge in [-0.3, -0.25) is 9.69 Å². The molecule has 3 nitrogen and oxygen atoms in total. The number of ketones is 1. The summed E-state index contributed by atoms with van der Waals surface area (Å²) in [5, 5.41) is 3.34. The lowest BCUT2D eigenvalue weighted by Crippen LogP contribution is -2.43. The van der Waals surface area contributed by atoms with Crippen LogP contribution in [0.3, 0.4) is 0 Å². The van der Waals surface area contributed by atoms with Crippen LogP contribution in [0, 0.1) is 0 Å². The SMILES string of the molecule is CN(CC(=O)c1cccc(Br)c1)C1CCNCC1. The number of nitrogens with one attached hydrogen (secondary N) is 1. The summed E-state index contributed by atoms with van der Waals surface area (Å²) >= 11 is 3.40.